The minimum Gasteiger partial charge on any atom is -0.475 e. The van der Waals surface area contributed by atoms with Gasteiger partial charge >= 0.3 is 5.51 Å². The van der Waals surface area contributed by atoms with E-state index >= 15 is 0 Å². The van der Waals surface area contributed by atoms with E-state index in [2.05, 4.69) is 15.3 Å². The quantitative estimate of drug-likeness (QED) is 0.812. The third kappa shape index (κ3) is 6.53. The van der Waals surface area contributed by atoms with Crippen LogP contribution in [0, 0.1) is 0 Å². The monoisotopic (exact) mass is 281 g/mol. The van der Waals surface area contributed by atoms with Crippen molar-refractivity contribution in [2.75, 3.05) is 17.6 Å². The summed E-state index contributed by atoms with van der Waals surface area (Å²) in [5.74, 6) is 0.767. The maximum absolute atomic E-state index is 11.9. The molecule has 1 aromatic heterocycles. The fraction of sp³-hybridized carbons (Fsp3) is 0.600. The van der Waals surface area contributed by atoms with Gasteiger partial charge in [0.05, 0.1) is 6.10 Å². The Morgan fingerprint density at radius 2 is 2.11 bits per heavy atom. The summed E-state index contributed by atoms with van der Waals surface area (Å²) >= 11 is -0.0695. The smallest absolute Gasteiger partial charge is 0.441 e. The van der Waals surface area contributed by atoms with Crippen LogP contribution in [-0.2, 0) is 0 Å². The van der Waals surface area contributed by atoms with E-state index in [9.17, 15) is 13.2 Å². The Bertz CT molecular complexity index is 374. The highest BCUT2D eigenvalue weighted by Crippen LogP contribution is 2.29. The second-order valence-corrected chi connectivity index (χ2v) is 4.79. The zero-order chi connectivity index (χ0) is 13.6. The molecule has 18 heavy (non-hydrogen) atoms. The van der Waals surface area contributed by atoms with Crippen LogP contribution in [0.1, 0.15) is 13.8 Å². The molecule has 0 aliphatic heterocycles. The van der Waals surface area contributed by atoms with E-state index in [1.54, 1.807) is 6.07 Å². The Kier molecular flexibility index (Phi) is 5.52. The lowest BCUT2D eigenvalue weighted by Crippen LogP contribution is -2.11. The second-order valence-electron chi connectivity index (χ2n) is 3.63. The van der Waals surface area contributed by atoms with E-state index < -0.39 is 5.51 Å². The Morgan fingerprint density at radius 3 is 2.72 bits per heavy atom. The predicted molar refractivity (Wildman–Crippen MR) is 64.8 cm³/mol. The van der Waals surface area contributed by atoms with Crippen molar-refractivity contribution in [3.05, 3.63) is 12.4 Å². The van der Waals surface area contributed by atoms with Crippen molar-refractivity contribution in [1.29, 1.82) is 0 Å². The number of thioether (sulfide) groups is 1. The predicted octanol–water partition coefficient (Wildman–Crippen LogP) is 2.93. The Labute approximate surface area is 107 Å². The van der Waals surface area contributed by atoms with Gasteiger partial charge in [-0.25, -0.2) is 9.97 Å². The van der Waals surface area contributed by atoms with Gasteiger partial charge in [0.25, 0.3) is 0 Å². The van der Waals surface area contributed by atoms with Gasteiger partial charge in [0.15, 0.2) is 0 Å². The van der Waals surface area contributed by atoms with Gasteiger partial charge < -0.3 is 10.1 Å². The summed E-state index contributed by atoms with van der Waals surface area (Å²) < 4.78 is 41.0. The maximum atomic E-state index is 11.9. The van der Waals surface area contributed by atoms with Crippen LogP contribution in [0.15, 0.2) is 12.4 Å². The van der Waals surface area contributed by atoms with Crippen molar-refractivity contribution in [1.82, 2.24) is 9.97 Å². The molecular formula is C10H14F3N3OS. The average molecular weight is 281 g/mol. The molecule has 0 saturated carbocycles. The molecule has 1 heterocycles. The molecule has 0 atom stereocenters. The second kappa shape index (κ2) is 6.67. The molecule has 0 amide bonds. The van der Waals surface area contributed by atoms with Gasteiger partial charge in [0, 0.05) is 18.4 Å². The summed E-state index contributed by atoms with van der Waals surface area (Å²) in [5, 5.41) is 2.78. The summed E-state index contributed by atoms with van der Waals surface area (Å²) in [4.78, 5) is 7.78. The van der Waals surface area contributed by atoms with Crippen molar-refractivity contribution in [2.45, 2.75) is 25.5 Å². The summed E-state index contributed by atoms with van der Waals surface area (Å²) in [6.07, 6.45) is 1.28. The van der Waals surface area contributed by atoms with Gasteiger partial charge in [0.1, 0.15) is 12.1 Å². The average Bonchev–Trinajstić information content (AvgIpc) is 2.23. The topological polar surface area (TPSA) is 47.0 Å². The number of rotatable bonds is 6. The van der Waals surface area contributed by atoms with E-state index in [-0.39, 0.29) is 30.2 Å². The molecule has 1 aromatic rings. The molecule has 4 nitrogen and oxygen atoms in total. The standard InChI is InChI=1S/C10H14F3N3OS/c1-7(2)17-9-5-8(15-6-16-9)14-3-4-18-10(11,12)13/h5-7H,3-4H2,1-2H3,(H,14,15,16). The number of nitrogens with zero attached hydrogens (tertiary/aromatic N) is 2. The molecule has 0 aliphatic carbocycles. The molecule has 0 radical (unpaired) electrons. The SMILES string of the molecule is CC(C)Oc1cc(NCCSC(F)(F)F)ncn1. The summed E-state index contributed by atoms with van der Waals surface area (Å²) in [6.45, 7) is 3.88. The largest absolute Gasteiger partial charge is 0.475 e. The van der Waals surface area contributed by atoms with Gasteiger partial charge in [0.2, 0.25) is 5.88 Å². The van der Waals surface area contributed by atoms with Crippen molar-refractivity contribution in [3.63, 3.8) is 0 Å². The number of anilines is 1. The highest BCUT2D eigenvalue weighted by Gasteiger charge is 2.27. The number of nitrogens with one attached hydrogen (secondary N) is 1. The zero-order valence-electron chi connectivity index (χ0n) is 9.99. The molecular weight excluding hydrogens is 267 g/mol. The van der Waals surface area contributed by atoms with Gasteiger partial charge in [-0.2, -0.15) is 13.2 Å². The molecule has 0 bridgehead atoms. The maximum Gasteiger partial charge on any atom is 0.441 e. The minimum absolute atomic E-state index is 0.0199. The Hall–Kier alpha value is -1.18. The van der Waals surface area contributed by atoms with Crippen LogP contribution >= 0.6 is 11.8 Å². The third-order valence-corrected chi connectivity index (χ3v) is 2.41. The van der Waals surface area contributed by atoms with Crippen LogP contribution in [0.4, 0.5) is 19.0 Å². The number of alkyl halides is 3. The molecule has 8 heteroatoms. The lowest BCUT2D eigenvalue weighted by Gasteiger charge is -2.10. The molecule has 1 N–H and O–H groups in total. The van der Waals surface area contributed by atoms with Crippen LogP contribution in [0.5, 0.6) is 5.88 Å². The first kappa shape index (κ1) is 14.9. The molecule has 1 rings (SSSR count). The number of ether oxygens (including phenoxy) is 1. The van der Waals surface area contributed by atoms with Crippen molar-refractivity contribution < 1.29 is 17.9 Å². The summed E-state index contributed by atoms with van der Waals surface area (Å²) in [7, 11) is 0. The summed E-state index contributed by atoms with van der Waals surface area (Å²) in [5.41, 5.74) is -4.20. The first-order valence-electron chi connectivity index (χ1n) is 5.30. The fourth-order valence-corrected chi connectivity index (χ4v) is 1.52. The fourth-order valence-electron chi connectivity index (χ4n) is 1.09. The van der Waals surface area contributed by atoms with E-state index in [1.165, 1.54) is 6.33 Å². The van der Waals surface area contributed by atoms with Crippen molar-refractivity contribution >= 4 is 17.6 Å². The molecule has 0 unspecified atom stereocenters. The van der Waals surface area contributed by atoms with Crippen molar-refractivity contribution in [2.24, 2.45) is 0 Å². The van der Waals surface area contributed by atoms with Crippen molar-refractivity contribution in [3.8, 4) is 5.88 Å². The summed E-state index contributed by atoms with van der Waals surface area (Å²) in [6, 6.07) is 1.55. The number of aromatic nitrogens is 2. The first-order valence-corrected chi connectivity index (χ1v) is 6.28. The first-order chi connectivity index (χ1) is 8.37. The molecule has 0 saturated heterocycles. The highest BCUT2D eigenvalue weighted by molar-refractivity contribution is 8.00. The van der Waals surface area contributed by atoms with Crippen LogP contribution in [0.2, 0.25) is 0 Å². The van der Waals surface area contributed by atoms with E-state index in [0.29, 0.717) is 11.7 Å². The van der Waals surface area contributed by atoms with Gasteiger partial charge in [-0.1, -0.05) is 0 Å². The van der Waals surface area contributed by atoms with Crippen LogP contribution < -0.4 is 10.1 Å². The minimum atomic E-state index is -4.20. The highest BCUT2D eigenvalue weighted by atomic mass is 32.2. The van der Waals surface area contributed by atoms with Crippen LogP contribution in [0.25, 0.3) is 0 Å². The van der Waals surface area contributed by atoms with Gasteiger partial charge in [-0.3, -0.25) is 0 Å². The number of halogens is 3. The number of hydrogen-bond donors (Lipinski definition) is 1. The van der Waals surface area contributed by atoms with Gasteiger partial charge in [-0.15, -0.1) is 0 Å². The molecule has 0 spiro atoms. The van der Waals surface area contributed by atoms with Crippen LogP contribution in [-0.4, -0.2) is 33.9 Å². The Morgan fingerprint density at radius 1 is 1.39 bits per heavy atom. The lowest BCUT2D eigenvalue weighted by atomic mass is 10.5. The molecule has 102 valence electrons. The molecule has 0 aliphatic rings. The number of hydrogen-bond acceptors (Lipinski definition) is 5. The molecule has 0 aromatic carbocycles. The molecule has 0 fully saturated rings. The lowest BCUT2D eigenvalue weighted by molar-refractivity contribution is -0.0327. The zero-order valence-corrected chi connectivity index (χ0v) is 10.8. The normalized spacial score (nSPS) is 11.7. The van der Waals surface area contributed by atoms with E-state index in [1.807, 2.05) is 13.8 Å². The van der Waals surface area contributed by atoms with E-state index in [4.69, 9.17) is 4.74 Å². The van der Waals surface area contributed by atoms with Crippen LogP contribution in [0.3, 0.4) is 0 Å². The van der Waals surface area contributed by atoms with E-state index in [0.717, 1.165) is 0 Å². The third-order valence-electron chi connectivity index (χ3n) is 1.67. The van der Waals surface area contributed by atoms with Gasteiger partial charge in [-0.05, 0) is 25.6 Å². The Balaban J connectivity index is 2.38.